The van der Waals surface area contributed by atoms with Crippen LogP contribution in [-0.2, 0) is 5.41 Å². The Morgan fingerprint density at radius 1 is 0.309 bits per heavy atom. The lowest BCUT2D eigenvalue weighted by Gasteiger charge is -2.33. The van der Waals surface area contributed by atoms with Gasteiger partial charge >= 0.3 is 0 Å². The molecule has 1 unspecified atom stereocenters. The highest BCUT2D eigenvalue weighted by Gasteiger charge is 2.54. The molecule has 1 spiro atoms. The van der Waals surface area contributed by atoms with Gasteiger partial charge in [0.2, 0.25) is 0 Å². The van der Waals surface area contributed by atoms with Gasteiger partial charge in [0.15, 0.2) is 0 Å². The maximum absolute atomic E-state index is 6.35. The van der Waals surface area contributed by atoms with Crippen molar-refractivity contribution in [3.8, 4) is 21.6 Å². The molecule has 0 bridgehead atoms. The average Bonchev–Trinajstić information content (AvgIpc) is 4.20. The Hall–Kier alpha value is -8.22. The first kappa shape index (κ1) is 37.9. The molecule has 0 amide bonds. The molecule has 5 heteroatoms. The minimum absolute atomic E-state index is 0.606. The summed E-state index contributed by atoms with van der Waals surface area (Å²) in [6.45, 7) is 0. The number of para-hydroxylation sites is 3. The second-order valence-corrected chi connectivity index (χ2v) is 20.1. The van der Waals surface area contributed by atoms with Crippen molar-refractivity contribution in [3.05, 3.63) is 253 Å². The molecule has 0 aliphatic heterocycles. The highest BCUT2D eigenvalue weighted by molar-refractivity contribution is 7.25. The van der Waals surface area contributed by atoms with Crippen LogP contribution in [0.15, 0.2) is 235 Å². The van der Waals surface area contributed by atoms with Crippen LogP contribution in [-0.4, -0.2) is 0 Å². The van der Waals surface area contributed by atoms with Crippen LogP contribution in [0.5, 0.6) is 0 Å². The minimum atomic E-state index is -0.606. The van der Waals surface area contributed by atoms with Crippen LogP contribution in [0, 0.1) is 0 Å². The molecule has 10 aromatic carbocycles. The van der Waals surface area contributed by atoms with Gasteiger partial charge in [0.05, 0.1) is 5.41 Å². The second-order valence-electron chi connectivity index (χ2n) is 18.0. The zero-order chi connectivity index (χ0) is 44.5. The Labute approximate surface area is 400 Å². The fourth-order valence-corrected chi connectivity index (χ4v) is 14.0. The van der Waals surface area contributed by atoms with E-state index in [2.05, 4.69) is 234 Å². The largest absolute Gasteiger partial charge is 0.456 e. The predicted octanol–water partition coefficient (Wildman–Crippen LogP) is 18.5. The Kier molecular flexibility index (Phi) is 8.03. The first-order valence-electron chi connectivity index (χ1n) is 23.1. The number of nitrogens with zero attached hydrogens (tertiary/aromatic N) is 2. The van der Waals surface area contributed by atoms with Gasteiger partial charge in [-0.25, -0.2) is 0 Å². The van der Waals surface area contributed by atoms with Gasteiger partial charge in [-0.3, -0.25) is 0 Å². The van der Waals surface area contributed by atoms with E-state index in [9.17, 15) is 0 Å². The quantitative estimate of drug-likeness (QED) is 0.166. The van der Waals surface area contributed by atoms with Crippen LogP contribution in [0.1, 0.15) is 22.3 Å². The Morgan fingerprint density at radius 3 is 1.56 bits per heavy atom. The molecule has 13 aromatic rings. The fourth-order valence-electron chi connectivity index (χ4n) is 11.6. The third-order valence-corrected chi connectivity index (χ3v) is 16.8. The molecule has 3 heterocycles. The smallest absolute Gasteiger partial charge is 0.135 e. The van der Waals surface area contributed by atoms with Crippen molar-refractivity contribution in [2.45, 2.75) is 5.41 Å². The molecule has 1 atom stereocenters. The summed E-state index contributed by atoms with van der Waals surface area (Å²) >= 11 is 3.78. The molecular formula is C63H38N2OS2. The van der Waals surface area contributed by atoms with Crippen LogP contribution in [0.25, 0.3) is 73.8 Å². The van der Waals surface area contributed by atoms with Gasteiger partial charge in [0.1, 0.15) is 11.2 Å². The number of anilines is 6. The van der Waals surface area contributed by atoms with Gasteiger partial charge in [-0.15, -0.1) is 22.7 Å². The maximum atomic E-state index is 6.35. The first-order chi connectivity index (χ1) is 33.7. The lowest BCUT2D eigenvalue weighted by molar-refractivity contribution is 0.669. The molecule has 15 rings (SSSR count). The average molecular weight is 903 g/mol. The topological polar surface area (TPSA) is 19.6 Å². The van der Waals surface area contributed by atoms with Crippen molar-refractivity contribution in [1.29, 1.82) is 0 Å². The second kappa shape index (κ2) is 14.4. The molecule has 3 aromatic heterocycles. The maximum Gasteiger partial charge on any atom is 0.135 e. The van der Waals surface area contributed by atoms with Crippen LogP contribution in [0.2, 0.25) is 0 Å². The number of furan rings is 1. The van der Waals surface area contributed by atoms with E-state index < -0.39 is 5.41 Å². The van der Waals surface area contributed by atoms with Crippen LogP contribution in [0.3, 0.4) is 0 Å². The molecule has 318 valence electrons. The van der Waals surface area contributed by atoms with Gasteiger partial charge in [0, 0.05) is 74.6 Å². The van der Waals surface area contributed by atoms with E-state index in [-0.39, 0.29) is 0 Å². The Balaban J connectivity index is 0.998. The van der Waals surface area contributed by atoms with Crippen molar-refractivity contribution in [2.75, 3.05) is 9.80 Å². The monoisotopic (exact) mass is 902 g/mol. The third-order valence-electron chi connectivity index (χ3n) is 14.4. The van der Waals surface area contributed by atoms with E-state index >= 15 is 0 Å². The van der Waals surface area contributed by atoms with Gasteiger partial charge in [0.25, 0.3) is 0 Å². The predicted molar refractivity (Wildman–Crippen MR) is 288 cm³/mol. The SMILES string of the molecule is c1ccc(N(c2ccc3c(c2)C2(c4ccccc4-c4ccc(N(c5ccccc5)c5ccc6sc7ccccc7c6c5)cc42)c2c-3sc3ccccc23)c2ccc3oc4ccccc4c3c2)cc1. The van der Waals surface area contributed by atoms with E-state index in [4.69, 9.17) is 4.42 Å². The third kappa shape index (κ3) is 5.28. The van der Waals surface area contributed by atoms with E-state index in [1.165, 1.54) is 74.1 Å². The summed E-state index contributed by atoms with van der Waals surface area (Å²) in [7, 11) is 0. The fraction of sp³-hybridized carbons (Fsp3) is 0.0159. The van der Waals surface area contributed by atoms with Crippen LogP contribution >= 0.6 is 22.7 Å². The van der Waals surface area contributed by atoms with Gasteiger partial charge in [-0.05, 0) is 147 Å². The Bertz CT molecular complexity index is 4180. The number of hydrogen-bond donors (Lipinski definition) is 0. The van der Waals surface area contributed by atoms with Crippen molar-refractivity contribution in [2.24, 2.45) is 0 Å². The molecule has 0 fully saturated rings. The summed E-state index contributed by atoms with van der Waals surface area (Å²) in [5.41, 5.74) is 17.0. The van der Waals surface area contributed by atoms with Crippen molar-refractivity contribution < 1.29 is 4.42 Å². The molecule has 0 radical (unpaired) electrons. The summed E-state index contributed by atoms with van der Waals surface area (Å²) in [5.74, 6) is 0. The van der Waals surface area contributed by atoms with E-state index in [0.29, 0.717) is 0 Å². The highest BCUT2D eigenvalue weighted by Crippen LogP contribution is 2.67. The normalized spacial score (nSPS) is 14.5. The highest BCUT2D eigenvalue weighted by atomic mass is 32.1. The van der Waals surface area contributed by atoms with Crippen molar-refractivity contribution in [3.63, 3.8) is 0 Å². The summed E-state index contributed by atoms with van der Waals surface area (Å²) < 4.78 is 10.3. The van der Waals surface area contributed by atoms with Crippen LogP contribution < -0.4 is 9.80 Å². The zero-order valence-corrected chi connectivity index (χ0v) is 38.2. The summed E-state index contributed by atoms with van der Waals surface area (Å²) in [5, 5.41) is 6.10. The molecule has 2 aliphatic carbocycles. The standard InChI is InChI=1S/C63H38N2OS2/c1-3-15-39(16-4-1)64(41-29-33-57-51(35-41)47-20-8-12-24-56(47)66-57)44-28-32-49-55(38-44)63(61-50-22-10-14-26-59(50)68-62(49)61)53-23-11-7-19-45(53)46-31-27-43(37-54(46)63)65(40-17-5-2-6-18-40)42-30-34-60-52(36-42)48-21-9-13-25-58(48)67-60/h1-38H. The lowest BCUT2D eigenvalue weighted by atomic mass is 9.70. The van der Waals surface area contributed by atoms with Gasteiger partial charge < -0.3 is 14.2 Å². The number of benzene rings is 10. The first-order valence-corrected chi connectivity index (χ1v) is 24.8. The molecule has 68 heavy (non-hydrogen) atoms. The number of fused-ring (bicyclic) bond motifs is 18. The van der Waals surface area contributed by atoms with E-state index in [0.717, 1.165) is 56.1 Å². The number of hydrogen-bond acceptors (Lipinski definition) is 5. The molecule has 0 N–H and O–H groups in total. The minimum Gasteiger partial charge on any atom is -0.456 e. The number of thiophene rings is 2. The number of rotatable bonds is 6. The lowest BCUT2D eigenvalue weighted by Crippen LogP contribution is -2.26. The van der Waals surface area contributed by atoms with Gasteiger partial charge in [-0.2, -0.15) is 0 Å². The molecule has 3 nitrogen and oxygen atoms in total. The van der Waals surface area contributed by atoms with E-state index in [1.807, 2.05) is 28.7 Å². The Morgan fingerprint density at radius 2 is 0.809 bits per heavy atom. The van der Waals surface area contributed by atoms with Crippen LogP contribution in [0.4, 0.5) is 34.1 Å². The van der Waals surface area contributed by atoms with Crippen molar-refractivity contribution >= 4 is 109 Å². The van der Waals surface area contributed by atoms with Gasteiger partial charge in [-0.1, -0.05) is 127 Å². The summed E-state index contributed by atoms with van der Waals surface area (Å²) in [6, 6.07) is 85.1. The van der Waals surface area contributed by atoms with E-state index in [1.54, 1.807) is 0 Å². The summed E-state index contributed by atoms with van der Waals surface area (Å²) in [6.07, 6.45) is 0. The molecule has 0 saturated carbocycles. The summed E-state index contributed by atoms with van der Waals surface area (Å²) in [4.78, 5) is 6.21. The van der Waals surface area contributed by atoms with Crippen molar-refractivity contribution in [1.82, 2.24) is 0 Å². The molecule has 0 saturated heterocycles. The zero-order valence-electron chi connectivity index (χ0n) is 36.6. The molecule has 2 aliphatic rings. The molecular weight excluding hydrogens is 865 g/mol.